The van der Waals surface area contributed by atoms with Gasteiger partial charge in [-0.15, -0.1) is 5.10 Å². The lowest BCUT2D eigenvalue weighted by Gasteiger charge is -2.08. The molecule has 164 valence electrons. The van der Waals surface area contributed by atoms with Crippen LogP contribution in [0.15, 0.2) is 55.0 Å². The van der Waals surface area contributed by atoms with Crippen LogP contribution in [0.4, 0.5) is 5.95 Å². The van der Waals surface area contributed by atoms with E-state index in [2.05, 4.69) is 20.5 Å². The van der Waals surface area contributed by atoms with E-state index in [1.54, 1.807) is 48.7 Å². The Bertz CT molecular complexity index is 1250. The SMILES string of the molecule is O=C(Nc1ncn(Cc2c(Cl)cccc2Cl)n1)c1ccn(COc2cccc(Cl)c2Cl)n1. The van der Waals surface area contributed by atoms with Crippen molar-refractivity contribution in [1.82, 2.24) is 24.5 Å². The second-order valence-electron chi connectivity index (χ2n) is 6.49. The van der Waals surface area contributed by atoms with Crippen LogP contribution in [0.2, 0.25) is 20.1 Å². The second kappa shape index (κ2) is 9.79. The summed E-state index contributed by atoms with van der Waals surface area (Å²) in [7, 11) is 0. The van der Waals surface area contributed by atoms with Crippen molar-refractivity contribution in [1.29, 1.82) is 0 Å². The Labute approximate surface area is 202 Å². The number of hydrogen-bond donors (Lipinski definition) is 1. The normalized spacial score (nSPS) is 10.9. The Balaban J connectivity index is 1.37. The molecule has 0 atom stereocenters. The van der Waals surface area contributed by atoms with Crippen molar-refractivity contribution in [2.75, 3.05) is 5.32 Å². The number of carbonyl (C=O) groups excluding carboxylic acids is 1. The largest absolute Gasteiger partial charge is 0.470 e. The molecule has 2 aromatic carbocycles. The van der Waals surface area contributed by atoms with Crippen LogP contribution in [-0.2, 0) is 13.3 Å². The van der Waals surface area contributed by atoms with Crippen LogP contribution < -0.4 is 10.1 Å². The number of rotatable bonds is 7. The highest BCUT2D eigenvalue weighted by Gasteiger charge is 2.14. The molecule has 0 saturated heterocycles. The monoisotopic (exact) mass is 510 g/mol. The van der Waals surface area contributed by atoms with Crippen molar-refractivity contribution in [2.45, 2.75) is 13.3 Å². The lowest BCUT2D eigenvalue weighted by atomic mass is 10.2. The van der Waals surface area contributed by atoms with Crippen molar-refractivity contribution < 1.29 is 9.53 Å². The van der Waals surface area contributed by atoms with Crippen LogP contribution in [0.1, 0.15) is 16.1 Å². The summed E-state index contributed by atoms with van der Waals surface area (Å²) in [5.74, 6) is 0.0572. The van der Waals surface area contributed by atoms with Gasteiger partial charge in [-0.1, -0.05) is 58.5 Å². The molecule has 0 fully saturated rings. The Morgan fingerprint density at radius 3 is 2.44 bits per heavy atom. The van der Waals surface area contributed by atoms with Crippen LogP contribution in [0.25, 0.3) is 0 Å². The maximum atomic E-state index is 12.5. The number of hydrogen-bond acceptors (Lipinski definition) is 5. The van der Waals surface area contributed by atoms with E-state index in [0.717, 1.165) is 0 Å². The third kappa shape index (κ3) is 5.16. The summed E-state index contributed by atoms with van der Waals surface area (Å²) in [6.07, 6.45) is 3.06. The minimum Gasteiger partial charge on any atom is -0.470 e. The first-order valence-corrected chi connectivity index (χ1v) is 10.7. The average Bonchev–Trinajstić information content (AvgIpc) is 3.41. The third-order valence-corrected chi connectivity index (χ3v) is 5.80. The molecule has 1 N–H and O–H groups in total. The molecule has 4 rings (SSSR count). The fourth-order valence-electron chi connectivity index (χ4n) is 2.72. The molecular weight excluding hydrogens is 498 g/mol. The average molecular weight is 512 g/mol. The highest BCUT2D eigenvalue weighted by Crippen LogP contribution is 2.31. The van der Waals surface area contributed by atoms with Gasteiger partial charge in [0.15, 0.2) is 12.4 Å². The summed E-state index contributed by atoms with van der Waals surface area (Å²) >= 11 is 24.4. The van der Waals surface area contributed by atoms with E-state index < -0.39 is 5.91 Å². The first kappa shape index (κ1) is 22.4. The molecule has 4 aromatic rings. The fourth-order valence-corrected chi connectivity index (χ4v) is 3.59. The van der Waals surface area contributed by atoms with Gasteiger partial charge in [-0.3, -0.25) is 10.1 Å². The molecule has 0 saturated carbocycles. The summed E-state index contributed by atoms with van der Waals surface area (Å²) < 4.78 is 8.56. The van der Waals surface area contributed by atoms with Gasteiger partial charge in [0.2, 0.25) is 5.95 Å². The van der Waals surface area contributed by atoms with Gasteiger partial charge in [-0.2, -0.15) is 5.10 Å². The summed E-state index contributed by atoms with van der Waals surface area (Å²) in [5.41, 5.74) is 0.869. The first-order chi connectivity index (χ1) is 15.4. The summed E-state index contributed by atoms with van der Waals surface area (Å²) in [4.78, 5) is 16.6. The Morgan fingerprint density at radius 2 is 1.66 bits per heavy atom. The van der Waals surface area contributed by atoms with Gasteiger partial charge in [-0.05, 0) is 30.3 Å². The van der Waals surface area contributed by atoms with E-state index in [0.29, 0.717) is 37.9 Å². The van der Waals surface area contributed by atoms with Crippen molar-refractivity contribution in [3.8, 4) is 5.75 Å². The molecule has 32 heavy (non-hydrogen) atoms. The molecule has 1 amide bonds. The second-order valence-corrected chi connectivity index (χ2v) is 8.09. The zero-order valence-corrected chi connectivity index (χ0v) is 19.2. The van der Waals surface area contributed by atoms with Crippen molar-refractivity contribution in [3.05, 3.63) is 86.3 Å². The van der Waals surface area contributed by atoms with E-state index in [1.807, 2.05) is 0 Å². The van der Waals surface area contributed by atoms with Crippen molar-refractivity contribution in [3.63, 3.8) is 0 Å². The van der Waals surface area contributed by atoms with Crippen molar-refractivity contribution >= 4 is 58.3 Å². The summed E-state index contributed by atoms with van der Waals surface area (Å²) in [6, 6.07) is 11.8. The standard InChI is InChI=1S/C20H14Cl4N6O2/c21-13-3-1-4-14(22)12(13)9-30-10-25-20(28-30)26-19(31)16-7-8-29(27-16)11-32-17-6-2-5-15(23)18(17)24/h1-8,10H,9,11H2,(H,26,28,31). The number of ether oxygens (including phenoxy) is 1. The van der Waals surface area contributed by atoms with Gasteiger partial charge in [0.05, 0.1) is 11.6 Å². The van der Waals surface area contributed by atoms with Gasteiger partial charge in [0, 0.05) is 21.8 Å². The molecule has 8 nitrogen and oxygen atoms in total. The summed E-state index contributed by atoms with van der Waals surface area (Å²) in [5, 5.41) is 12.7. The van der Waals surface area contributed by atoms with Crippen molar-refractivity contribution in [2.24, 2.45) is 0 Å². The van der Waals surface area contributed by atoms with E-state index in [4.69, 9.17) is 51.1 Å². The predicted molar refractivity (Wildman–Crippen MR) is 123 cm³/mol. The van der Waals surface area contributed by atoms with Gasteiger partial charge in [0.1, 0.15) is 17.1 Å². The maximum Gasteiger partial charge on any atom is 0.278 e. The smallest absolute Gasteiger partial charge is 0.278 e. The lowest BCUT2D eigenvalue weighted by Crippen LogP contribution is -2.15. The number of amides is 1. The van der Waals surface area contributed by atoms with E-state index in [1.165, 1.54) is 15.7 Å². The van der Waals surface area contributed by atoms with E-state index >= 15 is 0 Å². The van der Waals surface area contributed by atoms with Gasteiger partial charge < -0.3 is 4.74 Å². The van der Waals surface area contributed by atoms with Crippen LogP contribution in [0, 0.1) is 0 Å². The zero-order chi connectivity index (χ0) is 22.7. The maximum absolute atomic E-state index is 12.5. The molecule has 0 bridgehead atoms. The number of benzene rings is 2. The van der Waals surface area contributed by atoms with Gasteiger partial charge in [-0.25, -0.2) is 14.3 Å². The highest BCUT2D eigenvalue weighted by atomic mass is 35.5. The number of halogens is 4. The summed E-state index contributed by atoms with van der Waals surface area (Å²) in [6.45, 7) is 0.345. The molecular formula is C20H14Cl4N6O2. The van der Waals surface area contributed by atoms with Crippen LogP contribution in [0.5, 0.6) is 5.75 Å². The Morgan fingerprint density at radius 1 is 0.938 bits per heavy atom. The first-order valence-electron chi connectivity index (χ1n) is 9.14. The molecule has 0 spiro atoms. The number of anilines is 1. The van der Waals surface area contributed by atoms with E-state index in [9.17, 15) is 4.79 Å². The number of nitrogens with one attached hydrogen (secondary N) is 1. The molecule has 12 heteroatoms. The molecule has 0 radical (unpaired) electrons. The number of nitrogens with zero attached hydrogens (tertiary/aromatic N) is 5. The Kier molecular flexibility index (Phi) is 6.86. The third-order valence-electron chi connectivity index (χ3n) is 4.29. The van der Waals surface area contributed by atoms with Crippen LogP contribution >= 0.6 is 46.4 Å². The van der Waals surface area contributed by atoms with Gasteiger partial charge in [0.25, 0.3) is 5.91 Å². The van der Waals surface area contributed by atoms with Gasteiger partial charge >= 0.3 is 0 Å². The molecule has 0 aliphatic carbocycles. The minimum atomic E-state index is -0.474. The van der Waals surface area contributed by atoms with E-state index in [-0.39, 0.29) is 18.4 Å². The highest BCUT2D eigenvalue weighted by molar-refractivity contribution is 6.42. The number of aromatic nitrogens is 5. The van der Waals surface area contributed by atoms with Crippen LogP contribution in [-0.4, -0.2) is 30.5 Å². The zero-order valence-electron chi connectivity index (χ0n) is 16.2. The molecule has 0 aliphatic rings. The van der Waals surface area contributed by atoms with Crippen LogP contribution in [0.3, 0.4) is 0 Å². The molecule has 2 heterocycles. The molecule has 2 aromatic heterocycles. The molecule has 0 aliphatic heterocycles. The predicted octanol–water partition coefficient (Wildman–Crippen LogP) is 5.43. The quantitative estimate of drug-likeness (QED) is 0.357. The topological polar surface area (TPSA) is 86.9 Å². The number of carbonyl (C=O) groups is 1. The fraction of sp³-hybridized carbons (Fsp3) is 0.100. The minimum absolute atomic E-state index is 0.0405. The molecule has 0 unspecified atom stereocenters. The lowest BCUT2D eigenvalue weighted by molar-refractivity contribution is 0.101. The Hall–Kier alpha value is -2.78.